The Hall–Kier alpha value is -0.610. The second-order valence-electron chi connectivity index (χ2n) is 4.88. The number of aliphatic hydroxyl groups is 1. The molecule has 0 amide bonds. The maximum atomic E-state index is 9.83. The van der Waals surface area contributed by atoms with Crippen LogP contribution in [-0.2, 0) is 0 Å². The summed E-state index contributed by atoms with van der Waals surface area (Å²) in [6, 6.07) is 4.04. The molecule has 1 aromatic heterocycles. The van der Waals surface area contributed by atoms with Gasteiger partial charge in [-0.25, -0.2) is 4.98 Å². The standard InChI is InChI=1S/C13H19BrN2O/c1-9-11(14)6-7-13(15-9)16(2)8-10-4-3-5-12(10)17/h6-7,10,12,17H,3-5,8H2,1-2H3. The van der Waals surface area contributed by atoms with Crippen molar-refractivity contribution >= 4 is 21.7 Å². The molecule has 0 bridgehead atoms. The van der Waals surface area contributed by atoms with Gasteiger partial charge in [0.2, 0.25) is 0 Å². The fraction of sp³-hybridized carbons (Fsp3) is 0.615. The van der Waals surface area contributed by atoms with Gasteiger partial charge >= 0.3 is 0 Å². The van der Waals surface area contributed by atoms with Crippen molar-refractivity contribution < 1.29 is 5.11 Å². The molecule has 0 aliphatic heterocycles. The zero-order chi connectivity index (χ0) is 12.4. The van der Waals surface area contributed by atoms with E-state index in [4.69, 9.17) is 0 Å². The van der Waals surface area contributed by atoms with Crippen molar-refractivity contribution in [1.82, 2.24) is 4.98 Å². The van der Waals surface area contributed by atoms with Crippen LogP contribution in [0.25, 0.3) is 0 Å². The normalized spacial score (nSPS) is 24.0. The highest BCUT2D eigenvalue weighted by Crippen LogP contribution is 2.27. The number of anilines is 1. The summed E-state index contributed by atoms with van der Waals surface area (Å²) < 4.78 is 1.04. The van der Waals surface area contributed by atoms with Gasteiger partial charge in [-0.15, -0.1) is 0 Å². The molecule has 0 aromatic carbocycles. The summed E-state index contributed by atoms with van der Waals surface area (Å²) in [5, 5.41) is 9.83. The molecular weight excluding hydrogens is 280 g/mol. The molecule has 0 radical (unpaired) electrons. The molecule has 1 fully saturated rings. The van der Waals surface area contributed by atoms with Crippen molar-refractivity contribution in [3.63, 3.8) is 0 Å². The van der Waals surface area contributed by atoms with Gasteiger partial charge in [-0.05, 0) is 47.8 Å². The molecule has 17 heavy (non-hydrogen) atoms. The number of aliphatic hydroxyl groups excluding tert-OH is 1. The summed E-state index contributed by atoms with van der Waals surface area (Å²) in [7, 11) is 2.04. The summed E-state index contributed by atoms with van der Waals surface area (Å²) in [5.41, 5.74) is 1.00. The van der Waals surface area contributed by atoms with E-state index < -0.39 is 0 Å². The number of aryl methyl sites for hydroxylation is 1. The van der Waals surface area contributed by atoms with Crippen LogP contribution in [0.4, 0.5) is 5.82 Å². The van der Waals surface area contributed by atoms with Crippen LogP contribution < -0.4 is 4.90 Å². The Bertz CT molecular complexity index is 397. The first kappa shape index (κ1) is 12.8. The van der Waals surface area contributed by atoms with Crippen LogP contribution in [-0.4, -0.2) is 29.8 Å². The number of nitrogens with zero attached hydrogens (tertiary/aromatic N) is 2. The van der Waals surface area contributed by atoms with E-state index in [1.165, 1.54) is 0 Å². The topological polar surface area (TPSA) is 36.4 Å². The van der Waals surface area contributed by atoms with Crippen molar-refractivity contribution in [2.24, 2.45) is 5.92 Å². The monoisotopic (exact) mass is 298 g/mol. The van der Waals surface area contributed by atoms with Crippen LogP contribution in [0.5, 0.6) is 0 Å². The number of hydrogen-bond acceptors (Lipinski definition) is 3. The number of pyridine rings is 1. The van der Waals surface area contributed by atoms with Crippen molar-refractivity contribution in [2.45, 2.75) is 32.3 Å². The van der Waals surface area contributed by atoms with E-state index >= 15 is 0 Å². The Balaban J connectivity index is 2.03. The Kier molecular flexibility index (Phi) is 4.05. The second kappa shape index (κ2) is 5.36. The third kappa shape index (κ3) is 2.99. The van der Waals surface area contributed by atoms with Gasteiger partial charge in [0.25, 0.3) is 0 Å². The maximum Gasteiger partial charge on any atom is 0.128 e. The smallest absolute Gasteiger partial charge is 0.128 e. The van der Waals surface area contributed by atoms with Crippen LogP contribution in [0, 0.1) is 12.8 Å². The molecule has 0 saturated heterocycles. The summed E-state index contributed by atoms with van der Waals surface area (Å²) in [6.45, 7) is 2.88. The average molecular weight is 299 g/mol. The number of halogens is 1. The van der Waals surface area contributed by atoms with Gasteiger partial charge in [-0.2, -0.15) is 0 Å². The van der Waals surface area contributed by atoms with Crippen LogP contribution >= 0.6 is 15.9 Å². The summed E-state index contributed by atoms with van der Waals surface area (Å²) >= 11 is 3.46. The van der Waals surface area contributed by atoms with E-state index in [1.54, 1.807) is 0 Å². The van der Waals surface area contributed by atoms with E-state index in [0.29, 0.717) is 5.92 Å². The lowest BCUT2D eigenvalue weighted by molar-refractivity contribution is 0.136. The number of rotatable bonds is 3. The first-order valence-electron chi connectivity index (χ1n) is 6.10. The molecule has 1 heterocycles. The molecule has 4 heteroatoms. The largest absolute Gasteiger partial charge is 0.393 e. The summed E-state index contributed by atoms with van der Waals surface area (Å²) in [4.78, 5) is 6.67. The van der Waals surface area contributed by atoms with E-state index in [0.717, 1.165) is 41.8 Å². The molecule has 1 aliphatic rings. The van der Waals surface area contributed by atoms with E-state index in [9.17, 15) is 5.11 Å². The molecule has 0 spiro atoms. The highest BCUT2D eigenvalue weighted by molar-refractivity contribution is 9.10. The number of aromatic nitrogens is 1. The first-order chi connectivity index (χ1) is 8.08. The Morgan fingerprint density at radius 3 is 2.82 bits per heavy atom. The van der Waals surface area contributed by atoms with E-state index in [2.05, 4.69) is 25.8 Å². The summed E-state index contributed by atoms with van der Waals surface area (Å²) in [6.07, 6.45) is 3.09. The van der Waals surface area contributed by atoms with Gasteiger partial charge in [0.05, 0.1) is 11.8 Å². The zero-order valence-electron chi connectivity index (χ0n) is 10.4. The van der Waals surface area contributed by atoms with Gasteiger partial charge < -0.3 is 10.0 Å². The Labute approximate surface area is 111 Å². The SMILES string of the molecule is Cc1nc(N(C)CC2CCCC2O)ccc1Br. The molecule has 1 aromatic rings. The van der Waals surface area contributed by atoms with Crippen molar-refractivity contribution in [3.8, 4) is 0 Å². The van der Waals surface area contributed by atoms with E-state index in [1.807, 2.05) is 26.1 Å². The lowest BCUT2D eigenvalue weighted by Crippen LogP contribution is -2.30. The molecule has 1 aliphatic carbocycles. The fourth-order valence-corrected chi connectivity index (χ4v) is 2.64. The van der Waals surface area contributed by atoms with Crippen molar-refractivity contribution in [2.75, 3.05) is 18.5 Å². The zero-order valence-corrected chi connectivity index (χ0v) is 11.9. The molecule has 2 rings (SSSR count). The van der Waals surface area contributed by atoms with Crippen molar-refractivity contribution in [3.05, 3.63) is 22.3 Å². The molecule has 2 atom stereocenters. The Morgan fingerprint density at radius 1 is 1.47 bits per heavy atom. The predicted octanol–water partition coefficient (Wildman–Crippen LogP) is 2.75. The van der Waals surface area contributed by atoms with Crippen LogP contribution in [0.1, 0.15) is 25.0 Å². The maximum absolute atomic E-state index is 9.83. The van der Waals surface area contributed by atoms with E-state index in [-0.39, 0.29) is 6.10 Å². The predicted molar refractivity (Wildman–Crippen MR) is 73.3 cm³/mol. The lowest BCUT2D eigenvalue weighted by atomic mass is 10.1. The average Bonchev–Trinajstić information content (AvgIpc) is 2.68. The Morgan fingerprint density at radius 2 is 2.24 bits per heavy atom. The lowest BCUT2D eigenvalue weighted by Gasteiger charge is -2.24. The fourth-order valence-electron chi connectivity index (χ4n) is 2.42. The highest BCUT2D eigenvalue weighted by atomic mass is 79.9. The van der Waals surface area contributed by atoms with Gasteiger partial charge in [0, 0.05) is 24.0 Å². The first-order valence-corrected chi connectivity index (χ1v) is 6.89. The minimum Gasteiger partial charge on any atom is -0.393 e. The molecule has 94 valence electrons. The van der Waals surface area contributed by atoms with Gasteiger partial charge in [-0.3, -0.25) is 0 Å². The molecular formula is C13H19BrN2O. The minimum atomic E-state index is -0.131. The highest BCUT2D eigenvalue weighted by Gasteiger charge is 2.26. The third-order valence-corrected chi connectivity index (χ3v) is 4.36. The number of hydrogen-bond donors (Lipinski definition) is 1. The molecule has 1 saturated carbocycles. The quantitative estimate of drug-likeness (QED) is 0.932. The van der Waals surface area contributed by atoms with Gasteiger partial charge in [-0.1, -0.05) is 6.42 Å². The summed E-state index contributed by atoms with van der Waals surface area (Å²) in [5.74, 6) is 1.37. The minimum absolute atomic E-state index is 0.131. The third-order valence-electron chi connectivity index (χ3n) is 3.53. The molecule has 1 N–H and O–H groups in total. The van der Waals surface area contributed by atoms with Crippen LogP contribution in [0.2, 0.25) is 0 Å². The molecule has 2 unspecified atom stereocenters. The molecule has 3 nitrogen and oxygen atoms in total. The van der Waals surface area contributed by atoms with Crippen LogP contribution in [0.3, 0.4) is 0 Å². The van der Waals surface area contributed by atoms with Gasteiger partial charge in [0.1, 0.15) is 5.82 Å². The second-order valence-corrected chi connectivity index (χ2v) is 5.73. The van der Waals surface area contributed by atoms with Gasteiger partial charge in [0.15, 0.2) is 0 Å². The van der Waals surface area contributed by atoms with Crippen molar-refractivity contribution in [1.29, 1.82) is 0 Å². The van der Waals surface area contributed by atoms with Crippen LogP contribution in [0.15, 0.2) is 16.6 Å².